The van der Waals surface area contributed by atoms with Crippen LogP contribution in [0.4, 0.5) is 10.1 Å². The molecule has 116 valence electrons. The van der Waals surface area contributed by atoms with E-state index < -0.39 is 5.82 Å². The average molecular weight is 309 g/mol. The van der Waals surface area contributed by atoms with Gasteiger partial charge in [0.05, 0.1) is 11.3 Å². The molecule has 0 radical (unpaired) electrons. The summed E-state index contributed by atoms with van der Waals surface area (Å²) in [6, 6.07) is 9.35. The van der Waals surface area contributed by atoms with E-state index in [0.29, 0.717) is 22.4 Å². The Morgan fingerprint density at radius 1 is 0.826 bits per heavy atom. The molecule has 23 heavy (non-hydrogen) atoms. The highest BCUT2D eigenvalue weighted by Crippen LogP contribution is 2.35. The summed E-state index contributed by atoms with van der Waals surface area (Å²) in [6.45, 7) is 1.58. The third kappa shape index (κ3) is 2.17. The number of fused-ring (bicyclic) bond motifs is 2. The van der Waals surface area contributed by atoms with E-state index in [9.17, 15) is 14.0 Å². The molecule has 0 atom stereocenters. The third-order valence-corrected chi connectivity index (χ3v) is 4.67. The number of carbonyl (C=O) groups is 2. The molecule has 4 rings (SSSR count). The molecular formula is C19H16FNO2. The van der Waals surface area contributed by atoms with E-state index in [1.807, 2.05) is 4.90 Å². The predicted molar refractivity (Wildman–Crippen MR) is 85.8 cm³/mol. The van der Waals surface area contributed by atoms with E-state index in [4.69, 9.17) is 0 Å². The Hall–Kier alpha value is -2.49. The molecule has 0 aromatic heterocycles. The molecule has 0 spiro atoms. The Bertz CT molecular complexity index is 822. The van der Waals surface area contributed by atoms with Crippen molar-refractivity contribution in [2.45, 2.75) is 19.3 Å². The highest BCUT2D eigenvalue weighted by atomic mass is 19.1. The van der Waals surface area contributed by atoms with Gasteiger partial charge in [0, 0.05) is 29.8 Å². The first-order valence-corrected chi connectivity index (χ1v) is 7.94. The van der Waals surface area contributed by atoms with Gasteiger partial charge in [-0.2, -0.15) is 0 Å². The van der Waals surface area contributed by atoms with Crippen molar-refractivity contribution in [2.75, 3.05) is 18.0 Å². The second-order valence-corrected chi connectivity index (χ2v) is 6.10. The van der Waals surface area contributed by atoms with Crippen LogP contribution in [0.2, 0.25) is 0 Å². The number of benzene rings is 2. The Labute approximate surface area is 133 Å². The van der Waals surface area contributed by atoms with Crippen molar-refractivity contribution in [2.24, 2.45) is 0 Å². The van der Waals surface area contributed by atoms with E-state index >= 15 is 0 Å². The number of carbonyl (C=O) groups excluding carboxylic acids is 2. The number of hydrogen-bond acceptors (Lipinski definition) is 3. The SMILES string of the molecule is O=C1c2ccccc2C(=O)c2c1cc(F)cc2N1CCCCC1. The number of rotatable bonds is 1. The van der Waals surface area contributed by atoms with Gasteiger partial charge in [-0.15, -0.1) is 0 Å². The molecule has 0 saturated carbocycles. The monoisotopic (exact) mass is 309 g/mol. The lowest BCUT2D eigenvalue weighted by Gasteiger charge is -2.32. The standard InChI is InChI=1S/C19H16FNO2/c20-12-10-15-17(16(11-12)21-8-4-1-5-9-21)19(23)14-7-3-2-6-13(14)18(15)22/h2-3,6-7,10-11H,1,4-5,8-9H2. The van der Waals surface area contributed by atoms with Crippen molar-refractivity contribution < 1.29 is 14.0 Å². The van der Waals surface area contributed by atoms with Gasteiger partial charge in [-0.1, -0.05) is 24.3 Å². The fourth-order valence-corrected chi connectivity index (χ4v) is 3.55. The Balaban J connectivity index is 1.93. The number of anilines is 1. The maximum absolute atomic E-state index is 14.1. The van der Waals surface area contributed by atoms with E-state index in [1.165, 1.54) is 12.1 Å². The molecule has 1 aliphatic heterocycles. The first-order chi connectivity index (χ1) is 11.2. The summed E-state index contributed by atoms with van der Waals surface area (Å²) in [5, 5.41) is 0. The quantitative estimate of drug-likeness (QED) is 0.689. The first-order valence-electron chi connectivity index (χ1n) is 7.94. The summed E-state index contributed by atoms with van der Waals surface area (Å²) in [4.78, 5) is 27.7. The third-order valence-electron chi connectivity index (χ3n) is 4.67. The zero-order valence-corrected chi connectivity index (χ0v) is 12.6. The molecule has 0 amide bonds. The van der Waals surface area contributed by atoms with E-state index in [2.05, 4.69) is 0 Å². The van der Waals surface area contributed by atoms with Crippen LogP contribution in [0.1, 0.15) is 51.1 Å². The van der Waals surface area contributed by atoms with Gasteiger partial charge in [-0.3, -0.25) is 9.59 Å². The largest absolute Gasteiger partial charge is 0.371 e. The van der Waals surface area contributed by atoms with Crippen molar-refractivity contribution in [3.8, 4) is 0 Å². The fourth-order valence-electron chi connectivity index (χ4n) is 3.55. The van der Waals surface area contributed by atoms with Gasteiger partial charge in [0.2, 0.25) is 0 Å². The number of halogens is 1. The van der Waals surface area contributed by atoms with Crippen LogP contribution < -0.4 is 4.90 Å². The van der Waals surface area contributed by atoms with E-state index in [0.717, 1.165) is 32.4 Å². The van der Waals surface area contributed by atoms with Crippen LogP contribution >= 0.6 is 0 Å². The van der Waals surface area contributed by atoms with Crippen molar-refractivity contribution in [1.29, 1.82) is 0 Å². The lowest BCUT2D eigenvalue weighted by atomic mass is 9.82. The summed E-state index contributed by atoms with van der Waals surface area (Å²) in [7, 11) is 0. The second-order valence-electron chi connectivity index (χ2n) is 6.10. The van der Waals surface area contributed by atoms with Gasteiger partial charge in [0.15, 0.2) is 11.6 Å². The van der Waals surface area contributed by atoms with Gasteiger partial charge in [-0.05, 0) is 31.4 Å². The van der Waals surface area contributed by atoms with Gasteiger partial charge < -0.3 is 4.90 Å². The number of piperidine rings is 1. The molecule has 1 fully saturated rings. The molecule has 0 unspecified atom stereocenters. The first kappa shape index (κ1) is 14.1. The zero-order chi connectivity index (χ0) is 16.0. The molecule has 2 aliphatic rings. The smallest absolute Gasteiger partial charge is 0.196 e. The average Bonchev–Trinajstić information content (AvgIpc) is 2.59. The van der Waals surface area contributed by atoms with E-state index in [-0.39, 0.29) is 17.1 Å². The maximum Gasteiger partial charge on any atom is 0.196 e. The minimum absolute atomic E-state index is 0.184. The normalized spacial score (nSPS) is 17.0. The Morgan fingerprint density at radius 2 is 1.48 bits per heavy atom. The lowest BCUT2D eigenvalue weighted by Crippen LogP contribution is -2.33. The highest BCUT2D eigenvalue weighted by molar-refractivity contribution is 6.30. The predicted octanol–water partition coefficient (Wildman–Crippen LogP) is 3.59. The van der Waals surface area contributed by atoms with Crippen molar-refractivity contribution in [3.05, 3.63) is 64.5 Å². The minimum atomic E-state index is -0.468. The molecule has 1 aliphatic carbocycles. The van der Waals surface area contributed by atoms with Crippen LogP contribution in [0.25, 0.3) is 0 Å². The van der Waals surface area contributed by atoms with Crippen molar-refractivity contribution >= 4 is 17.3 Å². The van der Waals surface area contributed by atoms with Gasteiger partial charge in [0.1, 0.15) is 5.82 Å². The molecule has 4 heteroatoms. The number of ketones is 2. The van der Waals surface area contributed by atoms with Crippen LogP contribution in [-0.4, -0.2) is 24.7 Å². The van der Waals surface area contributed by atoms with Crippen LogP contribution in [-0.2, 0) is 0 Å². The fraction of sp³-hybridized carbons (Fsp3) is 0.263. The van der Waals surface area contributed by atoms with Gasteiger partial charge >= 0.3 is 0 Å². The molecule has 0 bridgehead atoms. The lowest BCUT2D eigenvalue weighted by molar-refractivity contribution is 0.0979. The molecule has 2 aromatic rings. The van der Waals surface area contributed by atoms with Crippen LogP contribution in [0.15, 0.2) is 36.4 Å². The molecular weight excluding hydrogens is 293 g/mol. The number of hydrogen-bond donors (Lipinski definition) is 0. The van der Waals surface area contributed by atoms with Crippen LogP contribution in [0, 0.1) is 5.82 Å². The second kappa shape index (κ2) is 5.30. The highest BCUT2D eigenvalue weighted by Gasteiger charge is 2.33. The molecule has 3 nitrogen and oxygen atoms in total. The van der Waals surface area contributed by atoms with E-state index in [1.54, 1.807) is 24.3 Å². The molecule has 1 saturated heterocycles. The number of nitrogens with zero attached hydrogens (tertiary/aromatic N) is 1. The summed E-state index contributed by atoms with van der Waals surface area (Å²) < 4.78 is 14.1. The molecule has 2 aromatic carbocycles. The summed E-state index contributed by atoms with van der Waals surface area (Å²) in [5.41, 5.74) is 1.88. The Kier molecular flexibility index (Phi) is 3.26. The van der Waals surface area contributed by atoms with Crippen LogP contribution in [0.3, 0.4) is 0 Å². The summed E-state index contributed by atoms with van der Waals surface area (Å²) in [5.74, 6) is -0.923. The van der Waals surface area contributed by atoms with Crippen LogP contribution in [0.5, 0.6) is 0 Å². The maximum atomic E-state index is 14.1. The summed E-state index contributed by atoms with van der Waals surface area (Å²) >= 11 is 0. The topological polar surface area (TPSA) is 37.4 Å². The van der Waals surface area contributed by atoms with Gasteiger partial charge in [-0.25, -0.2) is 4.39 Å². The summed E-state index contributed by atoms with van der Waals surface area (Å²) in [6.07, 6.45) is 3.18. The Morgan fingerprint density at radius 3 is 2.17 bits per heavy atom. The minimum Gasteiger partial charge on any atom is -0.371 e. The molecule has 1 heterocycles. The molecule has 0 N–H and O–H groups in total. The zero-order valence-electron chi connectivity index (χ0n) is 12.6. The van der Waals surface area contributed by atoms with Gasteiger partial charge in [0.25, 0.3) is 0 Å². The van der Waals surface area contributed by atoms with Crippen molar-refractivity contribution in [1.82, 2.24) is 0 Å². The van der Waals surface area contributed by atoms with Crippen molar-refractivity contribution in [3.63, 3.8) is 0 Å².